The fourth-order valence-electron chi connectivity index (χ4n) is 2.98. The van der Waals surface area contributed by atoms with Crippen LogP contribution in [-0.4, -0.2) is 30.1 Å². The summed E-state index contributed by atoms with van der Waals surface area (Å²) in [5.41, 5.74) is 1.14. The van der Waals surface area contributed by atoms with Gasteiger partial charge in [0.15, 0.2) is 0 Å². The van der Waals surface area contributed by atoms with E-state index in [9.17, 15) is 0 Å². The third-order valence-electron chi connectivity index (χ3n) is 4.42. The molecule has 0 amide bonds. The molecule has 4 heteroatoms. The molecule has 1 aliphatic rings. The summed E-state index contributed by atoms with van der Waals surface area (Å²) in [7, 11) is 1.94. The van der Waals surface area contributed by atoms with E-state index in [1.807, 2.05) is 7.05 Å². The number of hydrogen-bond acceptors (Lipinski definition) is 4. The Balaban J connectivity index is 2.41. The first-order valence-electron chi connectivity index (χ1n) is 8.18. The highest BCUT2D eigenvalue weighted by Gasteiger charge is 2.26. The number of hydrogen-bond donors (Lipinski definition) is 1. The zero-order chi connectivity index (χ0) is 15.6. The summed E-state index contributed by atoms with van der Waals surface area (Å²) in [4.78, 5) is 12.1. The second kappa shape index (κ2) is 6.20. The van der Waals surface area contributed by atoms with Crippen molar-refractivity contribution in [1.29, 1.82) is 0 Å². The molecule has 21 heavy (non-hydrogen) atoms. The van der Waals surface area contributed by atoms with Crippen LogP contribution in [0.5, 0.6) is 0 Å². The van der Waals surface area contributed by atoms with E-state index in [2.05, 4.69) is 44.8 Å². The van der Waals surface area contributed by atoms with Gasteiger partial charge in [-0.3, -0.25) is 0 Å². The number of rotatable bonds is 3. The molecule has 1 aromatic heterocycles. The maximum absolute atomic E-state index is 4.92. The highest BCUT2D eigenvalue weighted by atomic mass is 15.2. The Kier molecular flexibility index (Phi) is 4.74. The van der Waals surface area contributed by atoms with Gasteiger partial charge in [-0.05, 0) is 25.7 Å². The molecule has 1 saturated heterocycles. The molecule has 0 aliphatic carbocycles. The number of anilines is 2. The Morgan fingerprint density at radius 1 is 1.29 bits per heavy atom. The van der Waals surface area contributed by atoms with Crippen LogP contribution in [0.2, 0.25) is 0 Å². The first kappa shape index (κ1) is 16.1. The van der Waals surface area contributed by atoms with E-state index in [0.717, 1.165) is 36.5 Å². The topological polar surface area (TPSA) is 41.1 Å². The summed E-state index contributed by atoms with van der Waals surface area (Å²) in [5, 5.41) is 3.23. The molecule has 2 heterocycles. The maximum Gasteiger partial charge on any atom is 0.138 e. The van der Waals surface area contributed by atoms with E-state index >= 15 is 0 Å². The minimum Gasteiger partial charge on any atom is -0.373 e. The van der Waals surface area contributed by atoms with Gasteiger partial charge in [0.2, 0.25) is 0 Å². The normalized spacial score (nSPS) is 19.7. The van der Waals surface area contributed by atoms with Crippen molar-refractivity contribution in [2.45, 2.75) is 59.3 Å². The third-order valence-corrected chi connectivity index (χ3v) is 4.42. The van der Waals surface area contributed by atoms with Gasteiger partial charge >= 0.3 is 0 Å². The number of nitrogens with one attached hydrogen (secondary N) is 1. The van der Waals surface area contributed by atoms with Gasteiger partial charge in [0.05, 0.1) is 0 Å². The van der Waals surface area contributed by atoms with Gasteiger partial charge < -0.3 is 10.2 Å². The molecule has 1 aromatic rings. The lowest BCUT2D eigenvalue weighted by molar-refractivity contribution is 0.401. The molecule has 4 nitrogen and oxygen atoms in total. The molecule has 0 saturated carbocycles. The smallest absolute Gasteiger partial charge is 0.138 e. The van der Waals surface area contributed by atoms with Crippen molar-refractivity contribution in [2.75, 3.05) is 30.4 Å². The Morgan fingerprint density at radius 3 is 2.57 bits per heavy atom. The monoisotopic (exact) mass is 290 g/mol. The van der Waals surface area contributed by atoms with Gasteiger partial charge in [0.25, 0.3) is 0 Å². The van der Waals surface area contributed by atoms with Crippen molar-refractivity contribution in [2.24, 2.45) is 5.92 Å². The van der Waals surface area contributed by atoms with Crippen molar-refractivity contribution >= 4 is 11.6 Å². The number of piperidine rings is 1. The first-order chi connectivity index (χ1) is 9.86. The van der Waals surface area contributed by atoms with Crippen LogP contribution < -0.4 is 10.2 Å². The van der Waals surface area contributed by atoms with Crippen molar-refractivity contribution in [1.82, 2.24) is 9.97 Å². The molecule has 0 bridgehead atoms. The van der Waals surface area contributed by atoms with E-state index in [0.29, 0.717) is 0 Å². The van der Waals surface area contributed by atoms with Gasteiger partial charge in [-0.25, -0.2) is 9.97 Å². The van der Waals surface area contributed by atoms with Gasteiger partial charge in [-0.1, -0.05) is 34.1 Å². The fourth-order valence-corrected chi connectivity index (χ4v) is 2.98. The molecular weight excluding hydrogens is 260 g/mol. The average molecular weight is 290 g/mol. The van der Waals surface area contributed by atoms with Crippen LogP contribution in [0, 0.1) is 12.8 Å². The van der Waals surface area contributed by atoms with Crippen LogP contribution in [0.15, 0.2) is 0 Å². The SMILES string of the molecule is CCC1CCCN(c2nc(C(C)(C)C)nc(NC)c2C)C1. The minimum atomic E-state index is -0.0337. The molecule has 118 valence electrons. The zero-order valence-electron chi connectivity index (χ0n) is 14.5. The van der Waals surface area contributed by atoms with E-state index in [1.54, 1.807) is 0 Å². The number of nitrogens with zero attached hydrogens (tertiary/aromatic N) is 3. The molecule has 2 rings (SSSR count). The quantitative estimate of drug-likeness (QED) is 0.920. The third kappa shape index (κ3) is 3.47. The molecule has 0 spiro atoms. The lowest BCUT2D eigenvalue weighted by Gasteiger charge is -2.35. The highest BCUT2D eigenvalue weighted by Crippen LogP contribution is 2.31. The van der Waals surface area contributed by atoms with Crippen LogP contribution in [0.3, 0.4) is 0 Å². The van der Waals surface area contributed by atoms with E-state index in [4.69, 9.17) is 9.97 Å². The molecule has 1 atom stereocenters. The molecule has 1 unspecified atom stereocenters. The largest absolute Gasteiger partial charge is 0.373 e. The molecule has 1 aliphatic heterocycles. The lowest BCUT2D eigenvalue weighted by atomic mass is 9.94. The summed E-state index contributed by atoms with van der Waals surface area (Å²) in [6.45, 7) is 13.2. The average Bonchev–Trinajstić information content (AvgIpc) is 2.46. The minimum absolute atomic E-state index is 0.0337. The maximum atomic E-state index is 4.92. The van der Waals surface area contributed by atoms with Gasteiger partial charge in [-0.15, -0.1) is 0 Å². The molecule has 0 aromatic carbocycles. The standard InChI is InChI=1S/C17H30N4/c1-7-13-9-8-10-21(11-13)15-12(2)14(18-6)19-16(20-15)17(3,4)5/h13H,7-11H2,1-6H3,(H,18,19,20). The van der Waals surface area contributed by atoms with Crippen LogP contribution in [0.1, 0.15) is 58.3 Å². The van der Waals surface area contributed by atoms with Crippen molar-refractivity contribution < 1.29 is 0 Å². The van der Waals surface area contributed by atoms with E-state index in [1.165, 1.54) is 24.8 Å². The van der Waals surface area contributed by atoms with Gasteiger partial charge in [0, 0.05) is 31.1 Å². The summed E-state index contributed by atoms with van der Waals surface area (Å²) in [6.07, 6.45) is 3.87. The fraction of sp³-hybridized carbons (Fsp3) is 0.765. The second-order valence-corrected chi connectivity index (χ2v) is 7.21. The van der Waals surface area contributed by atoms with Crippen LogP contribution in [0.4, 0.5) is 11.6 Å². The Hall–Kier alpha value is -1.32. The molecule has 1 fully saturated rings. The summed E-state index contributed by atoms with van der Waals surface area (Å²) in [5.74, 6) is 3.80. The van der Waals surface area contributed by atoms with Gasteiger partial charge in [-0.2, -0.15) is 0 Å². The second-order valence-electron chi connectivity index (χ2n) is 7.21. The molecule has 1 N–H and O–H groups in total. The highest BCUT2D eigenvalue weighted by molar-refractivity contribution is 5.59. The molecular formula is C17H30N4. The predicted molar refractivity (Wildman–Crippen MR) is 90.2 cm³/mol. The van der Waals surface area contributed by atoms with Crippen LogP contribution in [-0.2, 0) is 5.41 Å². The Morgan fingerprint density at radius 2 is 2.00 bits per heavy atom. The summed E-state index contributed by atoms with van der Waals surface area (Å²) >= 11 is 0. The number of aromatic nitrogens is 2. The van der Waals surface area contributed by atoms with Crippen molar-refractivity contribution in [3.63, 3.8) is 0 Å². The van der Waals surface area contributed by atoms with Crippen molar-refractivity contribution in [3.8, 4) is 0 Å². The van der Waals surface area contributed by atoms with E-state index < -0.39 is 0 Å². The van der Waals surface area contributed by atoms with E-state index in [-0.39, 0.29) is 5.41 Å². The van der Waals surface area contributed by atoms with Crippen molar-refractivity contribution in [3.05, 3.63) is 11.4 Å². The van der Waals surface area contributed by atoms with Gasteiger partial charge in [0.1, 0.15) is 17.5 Å². The first-order valence-corrected chi connectivity index (χ1v) is 8.18. The molecule has 0 radical (unpaired) electrons. The Labute approximate surface area is 129 Å². The summed E-state index contributed by atoms with van der Waals surface area (Å²) in [6, 6.07) is 0. The zero-order valence-corrected chi connectivity index (χ0v) is 14.5. The summed E-state index contributed by atoms with van der Waals surface area (Å²) < 4.78 is 0. The Bertz CT molecular complexity index is 490. The van der Waals surface area contributed by atoms with Crippen LogP contribution >= 0.6 is 0 Å². The predicted octanol–water partition coefficient (Wildman–Crippen LogP) is 3.75. The van der Waals surface area contributed by atoms with Crippen LogP contribution in [0.25, 0.3) is 0 Å². The lowest BCUT2D eigenvalue weighted by Crippen LogP contribution is -2.37.